The Balaban J connectivity index is 1.25. The summed E-state index contributed by atoms with van der Waals surface area (Å²) in [6.45, 7) is 7.72. The van der Waals surface area contributed by atoms with Crippen molar-refractivity contribution in [3.63, 3.8) is 0 Å². The molecule has 50 heavy (non-hydrogen) atoms. The molecule has 0 bridgehead atoms. The molecule has 0 radical (unpaired) electrons. The van der Waals surface area contributed by atoms with E-state index in [0.29, 0.717) is 16.8 Å². The number of hydrogen-bond acceptors (Lipinski definition) is 2. The van der Waals surface area contributed by atoms with Crippen LogP contribution in [-0.4, -0.2) is 9.13 Å². The molecule has 230 valence electrons. The third-order valence-corrected chi connectivity index (χ3v) is 9.61. The van der Waals surface area contributed by atoms with Crippen molar-refractivity contribution in [2.24, 2.45) is 0 Å². The molecule has 0 saturated heterocycles. The largest absolute Gasteiger partial charge is 0.310 e. The van der Waals surface area contributed by atoms with Gasteiger partial charge in [-0.05, 0) is 83.4 Å². The predicted octanol–water partition coefficient (Wildman–Crippen LogP) is 11.5. The molecular formula is C45H25N5. The topological polar surface area (TPSA) is 61.8 Å². The van der Waals surface area contributed by atoms with Crippen LogP contribution >= 0.6 is 0 Å². The fraction of sp³-hybridized carbons (Fsp3) is 0. The number of benzene rings is 7. The lowest BCUT2D eigenvalue weighted by Crippen LogP contribution is -1.98. The van der Waals surface area contributed by atoms with E-state index in [2.05, 4.69) is 111 Å². The van der Waals surface area contributed by atoms with Crippen LogP contribution in [0.15, 0.2) is 152 Å². The highest BCUT2D eigenvalue weighted by Gasteiger charge is 2.19. The summed E-state index contributed by atoms with van der Waals surface area (Å²) in [5.41, 5.74) is 11.7. The second-order valence-corrected chi connectivity index (χ2v) is 12.3. The minimum atomic E-state index is 0.543. The van der Waals surface area contributed by atoms with E-state index >= 15 is 0 Å². The molecule has 9 rings (SSSR count). The van der Waals surface area contributed by atoms with Gasteiger partial charge in [-0.15, -0.1) is 0 Å². The van der Waals surface area contributed by atoms with Crippen LogP contribution in [-0.2, 0) is 0 Å². The van der Waals surface area contributed by atoms with Crippen molar-refractivity contribution < 1.29 is 0 Å². The zero-order valence-electron chi connectivity index (χ0n) is 26.7. The van der Waals surface area contributed by atoms with Crippen LogP contribution < -0.4 is 0 Å². The zero-order valence-corrected chi connectivity index (χ0v) is 26.7. The lowest BCUT2D eigenvalue weighted by Gasteiger charge is -2.18. The highest BCUT2D eigenvalue weighted by molar-refractivity contribution is 6.11. The maximum atomic E-state index is 9.97. The minimum Gasteiger partial charge on any atom is -0.310 e. The van der Waals surface area contributed by atoms with Crippen LogP contribution in [0.5, 0.6) is 0 Å². The number of nitriles is 2. The fourth-order valence-electron chi connectivity index (χ4n) is 7.38. The van der Waals surface area contributed by atoms with E-state index in [-0.39, 0.29) is 0 Å². The molecule has 5 heteroatoms. The molecule has 0 aliphatic rings. The van der Waals surface area contributed by atoms with Crippen LogP contribution in [0.25, 0.3) is 82.1 Å². The SMILES string of the molecule is [C-]#[N+]c1ccc2c3cc(C#N)ccc3n(-c3ccccc3-c3ccc(C#N)cc3-c3ccc(-n4c5ccccc5c5ccccc54)cc3)c2c1. The third-order valence-electron chi connectivity index (χ3n) is 9.61. The maximum absolute atomic E-state index is 9.97. The molecule has 2 aromatic heterocycles. The quantitative estimate of drug-likeness (QED) is 0.181. The summed E-state index contributed by atoms with van der Waals surface area (Å²) < 4.78 is 4.48. The number of rotatable bonds is 4. The van der Waals surface area contributed by atoms with E-state index in [1.807, 2.05) is 66.7 Å². The average Bonchev–Trinajstić information content (AvgIpc) is 3.69. The maximum Gasteiger partial charge on any atom is 0.189 e. The number of hydrogen-bond donors (Lipinski definition) is 0. The Kier molecular flexibility index (Phi) is 6.56. The molecule has 0 amide bonds. The summed E-state index contributed by atoms with van der Waals surface area (Å²) in [5, 5.41) is 24.0. The average molecular weight is 636 g/mol. The van der Waals surface area contributed by atoms with Gasteiger partial charge in [0, 0.05) is 38.3 Å². The second-order valence-electron chi connectivity index (χ2n) is 12.3. The summed E-state index contributed by atoms with van der Waals surface area (Å²) in [7, 11) is 0. The van der Waals surface area contributed by atoms with Gasteiger partial charge in [0.15, 0.2) is 5.69 Å². The number of nitrogens with zero attached hydrogens (tertiary/aromatic N) is 5. The van der Waals surface area contributed by atoms with Crippen molar-refractivity contribution >= 4 is 49.3 Å². The van der Waals surface area contributed by atoms with Crippen LogP contribution in [0.2, 0.25) is 0 Å². The minimum absolute atomic E-state index is 0.543. The Morgan fingerprint density at radius 2 is 1.08 bits per heavy atom. The Bertz CT molecular complexity index is 2900. The van der Waals surface area contributed by atoms with Crippen molar-refractivity contribution in [3.8, 4) is 45.8 Å². The molecule has 0 unspecified atom stereocenters. The van der Waals surface area contributed by atoms with Gasteiger partial charge < -0.3 is 9.13 Å². The van der Waals surface area contributed by atoms with E-state index in [9.17, 15) is 10.5 Å². The fourth-order valence-corrected chi connectivity index (χ4v) is 7.38. The Labute approximate surface area is 288 Å². The predicted molar refractivity (Wildman–Crippen MR) is 202 cm³/mol. The van der Waals surface area contributed by atoms with Crippen molar-refractivity contribution in [2.45, 2.75) is 0 Å². The first-order chi connectivity index (χ1) is 24.7. The molecule has 2 heterocycles. The van der Waals surface area contributed by atoms with E-state index in [0.717, 1.165) is 66.5 Å². The first kappa shape index (κ1) is 28.8. The molecule has 0 fully saturated rings. The molecule has 7 aromatic carbocycles. The Hall–Kier alpha value is -7.39. The number of aromatic nitrogens is 2. The smallest absolute Gasteiger partial charge is 0.189 e. The first-order valence-electron chi connectivity index (χ1n) is 16.3. The molecule has 0 atom stereocenters. The first-order valence-corrected chi connectivity index (χ1v) is 16.3. The molecule has 0 N–H and O–H groups in total. The summed E-state index contributed by atoms with van der Waals surface area (Å²) in [6.07, 6.45) is 0. The highest BCUT2D eigenvalue weighted by atomic mass is 15.0. The molecular weight excluding hydrogens is 611 g/mol. The van der Waals surface area contributed by atoms with Gasteiger partial charge in [-0.2, -0.15) is 10.5 Å². The monoisotopic (exact) mass is 635 g/mol. The number of para-hydroxylation sites is 3. The van der Waals surface area contributed by atoms with Crippen LogP contribution in [0, 0.1) is 29.2 Å². The summed E-state index contributed by atoms with van der Waals surface area (Å²) in [4.78, 5) is 3.72. The summed E-state index contributed by atoms with van der Waals surface area (Å²) >= 11 is 0. The van der Waals surface area contributed by atoms with Crippen molar-refractivity contribution in [1.29, 1.82) is 10.5 Å². The molecule has 0 spiro atoms. The molecule has 9 aromatic rings. The molecule has 0 aliphatic carbocycles. The van der Waals surface area contributed by atoms with Gasteiger partial charge >= 0.3 is 0 Å². The highest BCUT2D eigenvalue weighted by Crippen LogP contribution is 2.41. The standard InChI is InChI=1S/C45H25N5/c1-48-32-18-22-38-40-25-30(28-47)15-23-44(40)50(45(38)26-32)43-13-7-2-8-35(43)34-21-14-29(27-46)24-39(34)31-16-19-33(20-17-31)49-41-11-5-3-9-36(41)37-10-4-6-12-42(37)49/h2-26H. The van der Waals surface area contributed by atoms with Crippen LogP contribution in [0.1, 0.15) is 11.1 Å². The van der Waals surface area contributed by atoms with Crippen molar-refractivity contribution in [3.05, 3.63) is 174 Å². The second kappa shape index (κ2) is 11.4. The molecule has 5 nitrogen and oxygen atoms in total. The van der Waals surface area contributed by atoms with E-state index in [1.54, 1.807) is 0 Å². The molecule has 0 saturated carbocycles. The van der Waals surface area contributed by atoms with Crippen molar-refractivity contribution in [2.75, 3.05) is 0 Å². The lowest BCUT2D eigenvalue weighted by atomic mass is 9.92. The van der Waals surface area contributed by atoms with Gasteiger partial charge in [-0.1, -0.05) is 84.9 Å². The third kappa shape index (κ3) is 4.38. The normalized spacial score (nSPS) is 11.1. The molecule has 0 aliphatic heterocycles. The lowest BCUT2D eigenvalue weighted by molar-refractivity contribution is 1.18. The van der Waals surface area contributed by atoms with Gasteiger partial charge in [0.1, 0.15) is 0 Å². The zero-order chi connectivity index (χ0) is 33.8. The van der Waals surface area contributed by atoms with Gasteiger partial charge in [0.25, 0.3) is 0 Å². The van der Waals surface area contributed by atoms with Gasteiger partial charge in [-0.25, -0.2) is 4.85 Å². The van der Waals surface area contributed by atoms with Gasteiger partial charge in [-0.3, -0.25) is 0 Å². The Morgan fingerprint density at radius 3 is 1.80 bits per heavy atom. The number of fused-ring (bicyclic) bond motifs is 6. The van der Waals surface area contributed by atoms with Gasteiger partial charge in [0.05, 0.1) is 52.1 Å². The summed E-state index contributed by atoms with van der Waals surface area (Å²) in [6, 6.07) is 55.7. The van der Waals surface area contributed by atoms with Crippen LogP contribution in [0.4, 0.5) is 5.69 Å². The van der Waals surface area contributed by atoms with E-state index in [4.69, 9.17) is 6.57 Å². The Morgan fingerprint density at radius 1 is 0.460 bits per heavy atom. The van der Waals surface area contributed by atoms with E-state index < -0.39 is 0 Å². The van der Waals surface area contributed by atoms with Crippen LogP contribution in [0.3, 0.4) is 0 Å². The summed E-state index contributed by atoms with van der Waals surface area (Å²) in [5.74, 6) is 0. The van der Waals surface area contributed by atoms with Gasteiger partial charge in [0.2, 0.25) is 0 Å². The van der Waals surface area contributed by atoms with Crippen molar-refractivity contribution in [1.82, 2.24) is 9.13 Å². The van der Waals surface area contributed by atoms with E-state index in [1.165, 1.54) is 10.8 Å².